The minimum Gasteiger partial charge on any atom is -0.394 e. The second kappa shape index (κ2) is 7.07. The van der Waals surface area contributed by atoms with Gasteiger partial charge < -0.3 is 10.0 Å². The monoisotopic (exact) mass is 318 g/mol. The van der Waals surface area contributed by atoms with Crippen molar-refractivity contribution in [3.05, 3.63) is 0 Å². The molecular formula is C14H26N2O4S. The van der Waals surface area contributed by atoms with E-state index in [0.29, 0.717) is 19.5 Å². The van der Waals surface area contributed by atoms with Crippen LogP contribution in [0.5, 0.6) is 0 Å². The quantitative estimate of drug-likeness (QED) is 0.825. The highest BCUT2D eigenvalue weighted by Gasteiger charge is 2.38. The third-order valence-electron chi connectivity index (χ3n) is 4.54. The fraction of sp³-hybridized carbons (Fsp3) is 0.929. The van der Waals surface area contributed by atoms with Crippen molar-refractivity contribution in [1.82, 2.24) is 9.21 Å². The Bertz CT molecular complexity index is 466. The Hall–Kier alpha value is -0.660. The second-order valence-corrected chi connectivity index (χ2v) is 8.04. The Labute approximate surface area is 127 Å². The predicted molar refractivity (Wildman–Crippen MR) is 80.2 cm³/mol. The standard InChI is InChI=1S/C14H26N2O4S/c1-21(19,20)16-10-6-4-8-13(16)14(18)15-9-5-2-3-7-12(15)11-17/h12-13,17H,2-11H2,1H3. The van der Waals surface area contributed by atoms with Gasteiger partial charge >= 0.3 is 0 Å². The summed E-state index contributed by atoms with van der Waals surface area (Å²) >= 11 is 0. The summed E-state index contributed by atoms with van der Waals surface area (Å²) < 4.78 is 25.2. The van der Waals surface area contributed by atoms with E-state index < -0.39 is 16.1 Å². The van der Waals surface area contributed by atoms with Crippen molar-refractivity contribution in [3.8, 4) is 0 Å². The molecule has 2 aliphatic rings. The summed E-state index contributed by atoms with van der Waals surface area (Å²) in [5.41, 5.74) is 0. The Kier molecular flexibility index (Phi) is 5.62. The molecule has 0 radical (unpaired) electrons. The van der Waals surface area contributed by atoms with Gasteiger partial charge in [0.15, 0.2) is 0 Å². The molecule has 2 fully saturated rings. The summed E-state index contributed by atoms with van der Waals surface area (Å²) in [7, 11) is -3.37. The van der Waals surface area contributed by atoms with E-state index in [9.17, 15) is 18.3 Å². The number of amides is 1. The molecule has 0 aromatic heterocycles. The Morgan fingerprint density at radius 1 is 1.10 bits per heavy atom. The van der Waals surface area contributed by atoms with Gasteiger partial charge in [-0.2, -0.15) is 4.31 Å². The highest BCUT2D eigenvalue weighted by atomic mass is 32.2. The minimum atomic E-state index is -3.37. The molecule has 7 heteroatoms. The predicted octanol–water partition coefficient (Wildman–Crippen LogP) is 0.564. The van der Waals surface area contributed by atoms with Crippen LogP contribution in [0.3, 0.4) is 0 Å². The molecular weight excluding hydrogens is 292 g/mol. The lowest BCUT2D eigenvalue weighted by Gasteiger charge is -2.38. The molecule has 2 aliphatic heterocycles. The number of aliphatic hydroxyl groups is 1. The molecule has 0 aromatic carbocycles. The highest BCUT2D eigenvalue weighted by molar-refractivity contribution is 7.88. The molecule has 2 unspecified atom stereocenters. The normalized spacial score (nSPS) is 29.1. The van der Waals surface area contributed by atoms with Gasteiger partial charge in [-0.1, -0.05) is 19.3 Å². The molecule has 6 nitrogen and oxygen atoms in total. The van der Waals surface area contributed by atoms with E-state index in [4.69, 9.17) is 0 Å². The third kappa shape index (κ3) is 3.96. The summed E-state index contributed by atoms with van der Waals surface area (Å²) in [6.07, 6.45) is 7.23. The Balaban J connectivity index is 2.18. The Morgan fingerprint density at radius 2 is 1.76 bits per heavy atom. The summed E-state index contributed by atoms with van der Waals surface area (Å²) in [4.78, 5) is 14.6. The van der Waals surface area contributed by atoms with Gasteiger partial charge in [-0.05, 0) is 25.7 Å². The van der Waals surface area contributed by atoms with E-state index in [1.165, 1.54) is 10.6 Å². The molecule has 1 N–H and O–H groups in total. The SMILES string of the molecule is CS(=O)(=O)N1CCCCC1C(=O)N1CCCCCC1CO. The van der Waals surface area contributed by atoms with E-state index in [-0.39, 0.29) is 18.6 Å². The van der Waals surface area contributed by atoms with Crippen LogP contribution in [0, 0.1) is 0 Å². The van der Waals surface area contributed by atoms with Gasteiger partial charge in [0.1, 0.15) is 6.04 Å². The molecule has 21 heavy (non-hydrogen) atoms. The number of sulfonamides is 1. The molecule has 2 rings (SSSR count). The number of piperidine rings is 1. The topological polar surface area (TPSA) is 77.9 Å². The fourth-order valence-electron chi connectivity index (χ4n) is 3.40. The molecule has 122 valence electrons. The van der Waals surface area contributed by atoms with Crippen LogP contribution in [-0.2, 0) is 14.8 Å². The summed E-state index contributed by atoms with van der Waals surface area (Å²) in [5, 5.41) is 9.53. The average Bonchev–Trinajstić information content (AvgIpc) is 2.70. The van der Waals surface area contributed by atoms with Crippen molar-refractivity contribution in [3.63, 3.8) is 0 Å². The zero-order valence-electron chi connectivity index (χ0n) is 12.7. The number of likely N-dealkylation sites (tertiary alicyclic amines) is 1. The summed E-state index contributed by atoms with van der Waals surface area (Å²) in [6.45, 7) is 1.00. The van der Waals surface area contributed by atoms with Crippen LogP contribution in [0.2, 0.25) is 0 Å². The second-order valence-electron chi connectivity index (χ2n) is 6.10. The van der Waals surface area contributed by atoms with Gasteiger partial charge in [-0.25, -0.2) is 8.42 Å². The number of nitrogens with zero attached hydrogens (tertiary/aromatic N) is 2. The number of carbonyl (C=O) groups excluding carboxylic acids is 1. The average molecular weight is 318 g/mol. The molecule has 2 atom stereocenters. The van der Waals surface area contributed by atoms with Gasteiger partial charge in [0.05, 0.1) is 18.9 Å². The van der Waals surface area contributed by atoms with Crippen LogP contribution in [-0.4, -0.2) is 66.7 Å². The first kappa shape index (κ1) is 16.7. The van der Waals surface area contributed by atoms with Crippen molar-refractivity contribution in [2.45, 2.75) is 57.0 Å². The molecule has 0 aromatic rings. The fourth-order valence-corrected chi connectivity index (χ4v) is 4.52. The maximum Gasteiger partial charge on any atom is 0.241 e. The smallest absolute Gasteiger partial charge is 0.241 e. The van der Waals surface area contributed by atoms with E-state index in [1.54, 1.807) is 4.90 Å². The number of rotatable bonds is 3. The van der Waals surface area contributed by atoms with Crippen molar-refractivity contribution >= 4 is 15.9 Å². The van der Waals surface area contributed by atoms with Gasteiger partial charge in [0, 0.05) is 13.1 Å². The first-order valence-electron chi connectivity index (χ1n) is 7.83. The van der Waals surface area contributed by atoms with Crippen LogP contribution in [0.25, 0.3) is 0 Å². The van der Waals surface area contributed by atoms with Gasteiger partial charge in [-0.3, -0.25) is 4.79 Å². The lowest BCUT2D eigenvalue weighted by atomic mass is 10.0. The first-order valence-corrected chi connectivity index (χ1v) is 9.68. The van der Waals surface area contributed by atoms with Crippen LogP contribution >= 0.6 is 0 Å². The zero-order chi connectivity index (χ0) is 15.5. The van der Waals surface area contributed by atoms with Gasteiger partial charge in [0.25, 0.3) is 0 Å². The summed E-state index contributed by atoms with van der Waals surface area (Å²) in [5.74, 6) is -0.124. The van der Waals surface area contributed by atoms with Crippen LogP contribution < -0.4 is 0 Å². The number of hydrogen-bond acceptors (Lipinski definition) is 4. The lowest BCUT2D eigenvalue weighted by Crippen LogP contribution is -2.55. The molecule has 0 bridgehead atoms. The van der Waals surface area contributed by atoms with E-state index in [1.807, 2.05) is 0 Å². The molecule has 0 aliphatic carbocycles. The van der Waals surface area contributed by atoms with Crippen LogP contribution in [0.1, 0.15) is 44.9 Å². The Morgan fingerprint density at radius 3 is 2.43 bits per heavy atom. The third-order valence-corrected chi connectivity index (χ3v) is 5.82. The van der Waals surface area contributed by atoms with Gasteiger partial charge in [0.2, 0.25) is 15.9 Å². The molecule has 1 amide bonds. The van der Waals surface area contributed by atoms with E-state index in [2.05, 4.69) is 0 Å². The van der Waals surface area contributed by atoms with E-state index in [0.717, 1.165) is 38.5 Å². The minimum absolute atomic E-state index is 0.0443. The number of aliphatic hydroxyl groups excluding tert-OH is 1. The lowest BCUT2D eigenvalue weighted by molar-refractivity contribution is -0.139. The summed E-state index contributed by atoms with van der Waals surface area (Å²) in [6, 6.07) is -0.746. The highest BCUT2D eigenvalue weighted by Crippen LogP contribution is 2.25. The van der Waals surface area contributed by atoms with Crippen LogP contribution in [0.15, 0.2) is 0 Å². The molecule has 0 spiro atoms. The van der Waals surface area contributed by atoms with Crippen molar-refractivity contribution in [2.24, 2.45) is 0 Å². The van der Waals surface area contributed by atoms with Crippen molar-refractivity contribution in [1.29, 1.82) is 0 Å². The largest absolute Gasteiger partial charge is 0.394 e. The first-order chi connectivity index (χ1) is 9.95. The van der Waals surface area contributed by atoms with E-state index >= 15 is 0 Å². The molecule has 0 saturated carbocycles. The number of hydrogen-bond donors (Lipinski definition) is 1. The van der Waals surface area contributed by atoms with Crippen molar-refractivity contribution in [2.75, 3.05) is 26.0 Å². The molecule has 2 heterocycles. The maximum atomic E-state index is 12.8. The van der Waals surface area contributed by atoms with Crippen LogP contribution in [0.4, 0.5) is 0 Å². The number of carbonyl (C=O) groups is 1. The molecule has 2 saturated heterocycles. The maximum absolute atomic E-state index is 12.8. The zero-order valence-corrected chi connectivity index (χ0v) is 13.5. The van der Waals surface area contributed by atoms with Gasteiger partial charge in [-0.15, -0.1) is 0 Å². The van der Waals surface area contributed by atoms with Crippen molar-refractivity contribution < 1.29 is 18.3 Å².